The van der Waals surface area contributed by atoms with Crippen molar-refractivity contribution in [1.82, 2.24) is 16.0 Å². The molecule has 0 amide bonds. The molecule has 4 atom stereocenters. The summed E-state index contributed by atoms with van der Waals surface area (Å²) in [5.74, 6) is 0. The van der Waals surface area contributed by atoms with Crippen LogP contribution in [-0.4, -0.2) is 38.3 Å². The second kappa shape index (κ2) is 7.85. The Labute approximate surface area is 106 Å². The Bertz CT molecular complexity index is 214. The highest BCUT2D eigenvalue weighted by Gasteiger charge is 2.26. The molecule has 17 heavy (non-hydrogen) atoms. The van der Waals surface area contributed by atoms with Crippen molar-refractivity contribution in [3.05, 3.63) is 12.7 Å². The van der Waals surface area contributed by atoms with Crippen LogP contribution in [0.25, 0.3) is 0 Å². The molecule has 1 aliphatic heterocycles. The van der Waals surface area contributed by atoms with Crippen LogP contribution in [-0.2, 0) is 0 Å². The van der Waals surface area contributed by atoms with Crippen molar-refractivity contribution < 1.29 is 0 Å². The minimum atomic E-state index is 0.442. The molecule has 0 bridgehead atoms. The van der Waals surface area contributed by atoms with Gasteiger partial charge in [0.25, 0.3) is 0 Å². The van der Waals surface area contributed by atoms with Gasteiger partial charge in [-0.1, -0.05) is 13.0 Å². The van der Waals surface area contributed by atoms with Gasteiger partial charge in [0.15, 0.2) is 0 Å². The summed E-state index contributed by atoms with van der Waals surface area (Å²) in [6.45, 7) is 6.12. The maximum atomic E-state index is 3.87. The molecule has 3 heteroatoms. The summed E-state index contributed by atoms with van der Waals surface area (Å²) in [4.78, 5) is 0. The Morgan fingerprint density at radius 2 is 1.88 bits per heavy atom. The van der Waals surface area contributed by atoms with Crippen LogP contribution in [0.15, 0.2) is 12.7 Å². The van der Waals surface area contributed by atoms with E-state index in [9.17, 15) is 0 Å². The fourth-order valence-electron chi connectivity index (χ4n) is 2.74. The Morgan fingerprint density at radius 3 is 2.35 bits per heavy atom. The zero-order valence-corrected chi connectivity index (χ0v) is 11.6. The van der Waals surface area contributed by atoms with E-state index in [0.717, 1.165) is 6.42 Å². The highest BCUT2D eigenvalue weighted by molar-refractivity contribution is 4.93. The minimum absolute atomic E-state index is 0.442. The standard InChI is InChI=1S/C14H29N3/c1-5-11(15-3)9-13-7-8-14(17-13)10-12(6-2)16-4/h5,11-17H,1,6-10H2,2-4H3. The summed E-state index contributed by atoms with van der Waals surface area (Å²) in [7, 11) is 4.07. The molecule has 1 fully saturated rings. The molecular formula is C14H29N3. The van der Waals surface area contributed by atoms with Crippen molar-refractivity contribution in [2.75, 3.05) is 14.1 Å². The number of nitrogens with one attached hydrogen (secondary N) is 3. The third kappa shape index (κ3) is 4.78. The van der Waals surface area contributed by atoms with Gasteiger partial charge in [-0.25, -0.2) is 0 Å². The van der Waals surface area contributed by atoms with Crippen LogP contribution in [0.2, 0.25) is 0 Å². The largest absolute Gasteiger partial charge is 0.317 e. The molecule has 0 saturated carbocycles. The lowest BCUT2D eigenvalue weighted by Crippen LogP contribution is -2.38. The van der Waals surface area contributed by atoms with Gasteiger partial charge in [0.05, 0.1) is 0 Å². The fourth-order valence-corrected chi connectivity index (χ4v) is 2.74. The smallest absolute Gasteiger partial charge is 0.0259 e. The monoisotopic (exact) mass is 239 g/mol. The summed E-state index contributed by atoms with van der Waals surface area (Å²) in [5, 5.41) is 10.4. The van der Waals surface area contributed by atoms with Crippen LogP contribution < -0.4 is 16.0 Å². The van der Waals surface area contributed by atoms with Crippen molar-refractivity contribution >= 4 is 0 Å². The molecule has 0 aliphatic carbocycles. The van der Waals surface area contributed by atoms with E-state index in [-0.39, 0.29) is 0 Å². The Hall–Kier alpha value is -0.380. The predicted octanol–water partition coefficient (Wildman–Crippen LogP) is 1.66. The van der Waals surface area contributed by atoms with E-state index >= 15 is 0 Å². The summed E-state index contributed by atoms with van der Waals surface area (Å²) in [5.41, 5.74) is 0. The number of hydrogen-bond donors (Lipinski definition) is 3. The molecule has 1 heterocycles. The van der Waals surface area contributed by atoms with Crippen LogP contribution >= 0.6 is 0 Å². The third-order valence-electron chi connectivity index (χ3n) is 4.00. The first-order valence-electron chi connectivity index (χ1n) is 6.96. The van der Waals surface area contributed by atoms with Gasteiger partial charge in [-0.05, 0) is 46.2 Å². The first kappa shape index (κ1) is 14.7. The molecule has 0 radical (unpaired) electrons. The van der Waals surface area contributed by atoms with Crippen LogP contribution in [0.4, 0.5) is 0 Å². The molecule has 0 aromatic heterocycles. The lowest BCUT2D eigenvalue weighted by atomic mass is 10.0. The van der Waals surface area contributed by atoms with Crippen LogP contribution in [0.3, 0.4) is 0 Å². The fraction of sp³-hybridized carbons (Fsp3) is 0.857. The molecule has 3 N–H and O–H groups in total. The molecule has 0 spiro atoms. The summed E-state index contributed by atoms with van der Waals surface area (Å²) >= 11 is 0. The second-order valence-corrected chi connectivity index (χ2v) is 5.13. The molecule has 100 valence electrons. The molecule has 1 rings (SSSR count). The van der Waals surface area contributed by atoms with E-state index in [2.05, 4.69) is 36.5 Å². The Kier molecular flexibility index (Phi) is 6.78. The van der Waals surface area contributed by atoms with Crippen molar-refractivity contribution in [2.45, 2.75) is 63.2 Å². The van der Waals surface area contributed by atoms with Crippen molar-refractivity contribution in [1.29, 1.82) is 0 Å². The lowest BCUT2D eigenvalue weighted by Gasteiger charge is -2.21. The van der Waals surface area contributed by atoms with Crippen LogP contribution in [0.5, 0.6) is 0 Å². The average Bonchev–Trinajstić information content (AvgIpc) is 2.80. The quantitative estimate of drug-likeness (QED) is 0.564. The number of likely N-dealkylation sites (N-methyl/N-ethyl adjacent to an activating group) is 1. The van der Waals surface area contributed by atoms with Crippen molar-refractivity contribution in [3.63, 3.8) is 0 Å². The highest BCUT2D eigenvalue weighted by Crippen LogP contribution is 2.20. The summed E-state index contributed by atoms with van der Waals surface area (Å²) in [6.07, 6.45) is 8.25. The Balaban J connectivity index is 2.29. The second-order valence-electron chi connectivity index (χ2n) is 5.13. The normalized spacial score (nSPS) is 27.9. The third-order valence-corrected chi connectivity index (χ3v) is 4.00. The Morgan fingerprint density at radius 1 is 1.24 bits per heavy atom. The maximum Gasteiger partial charge on any atom is 0.0259 e. The molecular weight excluding hydrogens is 210 g/mol. The predicted molar refractivity (Wildman–Crippen MR) is 75.4 cm³/mol. The van der Waals surface area contributed by atoms with Gasteiger partial charge < -0.3 is 16.0 Å². The maximum absolute atomic E-state index is 3.87. The van der Waals surface area contributed by atoms with Gasteiger partial charge in [-0.2, -0.15) is 0 Å². The van der Waals surface area contributed by atoms with E-state index in [0.29, 0.717) is 24.2 Å². The van der Waals surface area contributed by atoms with E-state index in [1.54, 1.807) is 0 Å². The first-order valence-corrected chi connectivity index (χ1v) is 6.96. The topological polar surface area (TPSA) is 36.1 Å². The van der Waals surface area contributed by atoms with Gasteiger partial charge in [0, 0.05) is 24.2 Å². The van der Waals surface area contributed by atoms with E-state index in [1.807, 2.05) is 13.1 Å². The molecule has 0 aromatic carbocycles. The van der Waals surface area contributed by atoms with E-state index < -0.39 is 0 Å². The highest BCUT2D eigenvalue weighted by atomic mass is 15.0. The zero-order chi connectivity index (χ0) is 12.7. The summed E-state index contributed by atoms with van der Waals surface area (Å²) < 4.78 is 0. The molecule has 4 unspecified atom stereocenters. The van der Waals surface area contributed by atoms with Crippen molar-refractivity contribution in [3.8, 4) is 0 Å². The molecule has 1 aliphatic rings. The minimum Gasteiger partial charge on any atom is -0.317 e. The van der Waals surface area contributed by atoms with Gasteiger partial charge >= 0.3 is 0 Å². The SMILES string of the molecule is C=CC(CC1CCC(CC(CC)NC)N1)NC. The van der Waals surface area contributed by atoms with Gasteiger partial charge in [0.2, 0.25) is 0 Å². The average molecular weight is 239 g/mol. The van der Waals surface area contributed by atoms with Gasteiger partial charge in [0.1, 0.15) is 0 Å². The zero-order valence-electron chi connectivity index (χ0n) is 11.6. The van der Waals surface area contributed by atoms with Gasteiger partial charge in [-0.3, -0.25) is 0 Å². The van der Waals surface area contributed by atoms with E-state index in [1.165, 1.54) is 25.7 Å². The first-order chi connectivity index (χ1) is 8.23. The van der Waals surface area contributed by atoms with Crippen LogP contribution in [0, 0.1) is 0 Å². The van der Waals surface area contributed by atoms with E-state index in [4.69, 9.17) is 0 Å². The molecule has 0 aromatic rings. The molecule has 3 nitrogen and oxygen atoms in total. The van der Waals surface area contributed by atoms with Gasteiger partial charge in [-0.15, -0.1) is 6.58 Å². The number of hydrogen-bond acceptors (Lipinski definition) is 3. The van der Waals surface area contributed by atoms with Crippen LogP contribution in [0.1, 0.15) is 39.0 Å². The van der Waals surface area contributed by atoms with Crippen molar-refractivity contribution in [2.24, 2.45) is 0 Å². The summed E-state index contributed by atoms with van der Waals surface area (Å²) in [6, 6.07) is 2.45. The lowest BCUT2D eigenvalue weighted by molar-refractivity contribution is 0.406. The molecule has 1 saturated heterocycles. The number of rotatable bonds is 8.